The maximum atomic E-state index is 11.8. The summed E-state index contributed by atoms with van der Waals surface area (Å²) in [4.78, 5) is 68.1. The van der Waals surface area contributed by atoms with Gasteiger partial charge in [0.25, 0.3) is 21.2 Å². The zero-order valence-electron chi connectivity index (χ0n) is 17.6. The summed E-state index contributed by atoms with van der Waals surface area (Å²) < 4.78 is 49.5. The smallest absolute Gasteiger partial charge is 0.790 e. The van der Waals surface area contributed by atoms with Gasteiger partial charge in [-0.1, -0.05) is 0 Å². The number of hydrogen-bond acceptors (Lipinski definition) is 14. The van der Waals surface area contributed by atoms with E-state index >= 15 is 0 Å². The number of nitrogens with zero attached hydrogens (tertiary/aromatic N) is 1. The quantitative estimate of drug-likeness (QED) is 0.217. The van der Waals surface area contributed by atoms with Gasteiger partial charge < -0.3 is 38.5 Å². The number of rotatable bonds is 8. The molecule has 1 aliphatic rings. The number of aromatic nitrogens is 2. The molecule has 2 rings (SSSR count). The van der Waals surface area contributed by atoms with Crippen molar-refractivity contribution in [3.8, 4) is 0 Å². The molecule has 0 spiro atoms. The summed E-state index contributed by atoms with van der Waals surface area (Å²) >= 11 is 2.89. The molecule has 0 bridgehead atoms. The van der Waals surface area contributed by atoms with Gasteiger partial charge in [-0.25, -0.2) is 9.11 Å². The van der Waals surface area contributed by atoms with Crippen LogP contribution in [0.15, 0.2) is 20.3 Å². The minimum atomic E-state index is -6.12. The molecule has 1 aliphatic heterocycles. The van der Waals surface area contributed by atoms with Crippen molar-refractivity contribution in [3.05, 3.63) is 31.5 Å². The number of phosphoric acid groups is 3. The number of ether oxygens (including phenoxy) is 1. The molecule has 1 fully saturated rings. The van der Waals surface area contributed by atoms with Crippen LogP contribution in [0.5, 0.6) is 0 Å². The molecule has 5 atom stereocenters. The van der Waals surface area contributed by atoms with Crippen LogP contribution >= 0.6 is 39.4 Å². The van der Waals surface area contributed by atoms with Gasteiger partial charge in [-0.15, -0.1) is 0 Å². The SMILES string of the molecule is O=c1[nH]c(=O)n(C2CC(O)C(COP(=O)([O-])OP(=O)([O-])OP(=O)([O-])[O-])O2)cc1Br.[Li+].[Li+].[Li+].[Li+]. The molecule has 33 heavy (non-hydrogen) atoms. The Hall–Kier alpha value is 1.88. The van der Waals surface area contributed by atoms with E-state index in [1.54, 1.807) is 0 Å². The molecule has 0 radical (unpaired) electrons. The van der Waals surface area contributed by atoms with Crippen LogP contribution in [0.3, 0.4) is 0 Å². The van der Waals surface area contributed by atoms with Crippen molar-refractivity contribution in [2.75, 3.05) is 6.61 Å². The van der Waals surface area contributed by atoms with Gasteiger partial charge in [0.05, 0.1) is 25.0 Å². The van der Waals surface area contributed by atoms with E-state index < -0.39 is 59.8 Å². The predicted molar refractivity (Wildman–Crippen MR) is 84.5 cm³/mol. The van der Waals surface area contributed by atoms with Gasteiger partial charge in [0.2, 0.25) is 0 Å². The summed E-state index contributed by atoms with van der Waals surface area (Å²) in [5.74, 6) is 0. The number of nitrogens with one attached hydrogen (secondary N) is 1. The number of aromatic amines is 1. The standard InChI is InChI=1S/C9H14BrN2O14P3.4Li/c10-4-2-12(9(15)11-8(4)14)7-1-5(13)6(24-7)3-23-28(19,20)26-29(21,22)25-27(16,17)18;;;;/h2,5-7,13H,1,3H2,(H,19,20)(H,21,22)(H,11,14,15)(H2,16,17,18);;;;/q;4*+1/p-4. The average molecular weight is 571 g/mol. The van der Waals surface area contributed by atoms with E-state index in [9.17, 15) is 48.0 Å². The fourth-order valence-electron chi connectivity index (χ4n) is 2.16. The molecule has 5 unspecified atom stereocenters. The number of hydrogen-bond donors (Lipinski definition) is 2. The Morgan fingerprint density at radius 2 is 1.64 bits per heavy atom. The first-order chi connectivity index (χ1) is 13.1. The summed E-state index contributed by atoms with van der Waals surface area (Å²) in [5, 5.41) is 9.92. The summed E-state index contributed by atoms with van der Waals surface area (Å²) in [6.45, 7) is -1.01. The van der Waals surface area contributed by atoms with E-state index in [0.717, 1.165) is 10.8 Å². The van der Waals surface area contributed by atoms with Crippen molar-refractivity contribution < 1.29 is 132 Å². The van der Waals surface area contributed by atoms with Crippen molar-refractivity contribution in [3.63, 3.8) is 0 Å². The van der Waals surface area contributed by atoms with E-state index in [-0.39, 0.29) is 86.3 Å². The van der Waals surface area contributed by atoms with E-state index in [4.69, 9.17) is 4.74 Å². The second-order valence-corrected chi connectivity index (χ2v) is 10.5. The van der Waals surface area contributed by atoms with Crippen LogP contribution in [-0.4, -0.2) is 33.5 Å². The van der Waals surface area contributed by atoms with Crippen LogP contribution in [0.25, 0.3) is 0 Å². The van der Waals surface area contributed by atoms with Crippen molar-refractivity contribution in [2.24, 2.45) is 0 Å². The molecule has 24 heteroatoms. The minimum Gasteiger partial charge on any atom is -0.790 e. The predicted octanol–water partition coefficient (Wildman–Crippen LogP) is -15.2. The number of aliphatic hydroxyl groups excluding tert-OH is 1. The van der Waals surface area contributed by atoms with Crippen LogP contribution in [0.2, 0.25) is 0 Å². The van der Waals surface area contributed by atoms with E-state index in [1.165, 1.54) is 0 Å². The van der Waals surface area contributed by atoms with Crippen LogP contribution in [0.1, 0.15) is 12.6 Å². The van der Waals surface area contributed by atoms with Crippen LogP contribution < -0.4 is 106 Å². The maximum absolute atomic E-state index is 11.8. The van der Waals surface area contributed by atoms with Crippen LogP contribution in [0.4, 0.5) is 0 Å². The van der Waals surface area contributed by atoms with Crippen LogP contribution in [-0.2, 0) is 31.6 Å². The maximum Gasteiger partial charge on any atom is 1.00 e. The molecular formula is C9H10BrLi4N2O14P3. The molecule has 1 aromatic rings. The molecule has 0 amide bonds. The van der Waals surface area contributed by atoms with Crippen molar-refractivity contribution in [1.29, 1.82) is 0 Å². The molecule has 166 valence electrons. The zero-order valence-corrected chi connectivity index (χ0v) is 21.9. The van der Waals surface area contributed by atoms with Crippen LogP contribution in [0, 0.1) is 0 Å². The average Bonchev–Trinajstić information content (AvgIpc) is 2.86. The molecule has 2 heterocycles. The Kier molecular flexibility index (Phi) is 18.3. The fraction of sp³-hybridized carbons (Fsp3) is 0.556. The van der Waals surface area contributed by atoms with Crippen molar-refractivity contribution in [1.82, 2.24) is 9.55 Å². The molecule has 0 aliphatic carbocycles. The van der Waals surface area contributed by atoms with Gasteiger partial charge in [-0.3, -0.25) is 27.8 Å². The summed E-state index contributed by atoms with van der Waals surface area (Å²) in [6, 6.07) is 0. The van der Waals surface area contributed by atoms with Gasteiger partial charge in [0.15, 0.2) is 0 Å². The molecule has 1 saturated heterocycles. The third-order valence-electron chi connectivity index (χ3n) is 3.24. The third-order valence-corrected chi connectivity index (χ3v) is 7.47. The van der Waals surface area contributed by atoms with Gasteiger partial charge in [-0.05, 0) is 15.9 Å². The van der Waals surface area contributed by atoms with Gasteiger partial charge >= 0.3 is 81.1 Å². The summed E-state index contributed by atoms with van der Waals surface area (Å²) in [7, 11) is -18.0. The second-order valence-electron chi connectivity index (χ2n) is 5.38. The summed E-state index contributed by atoms with van der Waals surface area (Å²) in [6.07, 6.45) is -3.11. The number of H-pyrrole nitrogens is 1. The van der Waals surface area contributed by atoms with Gasteiger partial charge in [0.1, 0.15) is 12.3 Å². The topological polar surface area (TPSA) is 255 Å². The van der Waals surface area contributed by atoms with Gasteiger partial charge in [0, 0.05) is 12.6 Å². The Balaban J connectivity index is -0.00000225. The molecule has 0 aromatic carbocycles. The minimum absolute atomic E-state index is 0. The molecule has 2 N–H and O–H groups in total. The number of aliphatic hydroxyl groups is 1. The molecule has 1 aromatic heterocycles. The summed E-state index contributed by atoms with van der Waals surface area (Å²) in [5.41, 5.74) is -1.61. The van der Waals surface area contributed by atoms with E-state index in [1.807, 2.05) is 4.98 Å². The second kappa shape index (κ2) is 15.3. The Morgan fingerprint density at radius 1 is 1.09 bits per heavy atom. The van der Waals surface area contributed by atoms with E-state index in [2.05, 4.69) is 29.1 Å². The largest absolute Gasteiger partial charge is 1.00 e. The van der Waals surface area contributed by atoms with E-state index in [0.29, 0.717) is 0 Å². The third kappa shape index (κ3) is 12.8. The first-order valence-electron chi connectivity index (χ1n) is 7.14. The Morgan fingerprint density at radius 3 is 2.15 bits per heavy atom. The normalized spacial score (nSPS) is 23.5. The Labute approximate surface area is 241 Å². The number of halogens is 1. The Bertz CT molecular complexity index is 1030. The molecular weight excluding hydrogens is 561 g/mol. The molecule has 0 saturated carbocycles. The zero-order chi connectivity index (χ0) is 22.2. The fourth-order valence-corrected chi connectivity index (χ4v) is 5.34. The monoisotopic (exact) mass is 570 g/mol. The van der Waals surface area contributed by atoms with Crippen molar-refractivity contribution in [2.45, 2.75) is 24.9 Å². The first-order valence-corrected chi connectivity index (χ1v) is 12.3. The van der Waals surface area contributed by atoms with Crippen molar-refractivity contribution >= 4 is 39.4 Å². The first kappa shape index (κ1) is 39.4. The van der Waals surface area contributed by atoms with Gasteiger partial charge in [-0.2, -0.15) is 0 Å². The number of phosphoric ester groups is 1. The molecule has 16 nitrogen and oxygen atoms in total.